The molecular formula is C19H21ClN2O3. The summed E-state index contributed by atoms with van der Waals surface area (Å²) in [6.07, 6.45) is 3.70. The Bertz CT molecular complexity index is 685. The standard InChI is InChI=1S/C19H21ClN2O3/c1-2-3-12-24-17-8-4-15(5-9-17)13-21-22-19(23)14-25-18-10-6-16(20)7-11-18/h4-11,13H,2-3,12,14H2,1H3,(H,22,23)/b21-13+. The van der Waals surface area contributed by atoms with Crippen molar-refractivity contribution < 1.29 is 14.3 Å². The molecular weight excluding hydrogens is 340 g/mol. The molecule has 0 aliphatic carbocycles. The van der Waals surface area contributed by atoms with E-state index in [4.69, 9.17) is 21.1 Å². The first-order valence-electron chi connectivity index (χ1n) is 8.10. The molecule has 6 heteroatoms. The number of hydrazone groups is 1. The van der Waals surface area contributed by atoms with Crippen LogP contribution in [0.25, 0.3) is 0 Å². The predicted octanol–water partition coefficient (Wildman–Crippen LogP) is 4.05. The normalized spacial score (nSPS) is 10.6. The molecule has 0 saturated carbocycles. The van der Waals surface area contributed by atoms with Crippen molar-refractivity contribution in [2.45, 2.75) is 19.8 Å². The van der Waals surface area contributed by atoms with E-state index in [-0.39, 0.29) is 12.5 Å². The molecule has 0 fully saturated rings. The largest absolute Gasteiger partial charge is 0.494 e. The highest BCUT2D eigenvalue weighted by molar-refractivity contribution is 6.30. The maximum absolute atomic E-state index is 11.7. The second-order valence-electron chi connectivity index (χ2n) is 5.31. The Labute approximate surface area is 152 Å². The van der Waals surface area contributed by atoms with Crippen molar-refractivity contribution in [2.24, 2.45) is 5.10 Å². The van der Waals surface area contributed by atoms with Crippen LogP contribution in [-0.4, -0.2) is 25.3 Å². The first kappa shape index (κ1) is 18.8. The van der Waals surface area contributed by atoms with Crippen LogP contribution in [0.4, 0.5) is 0 Å². The number of hydrogen-bond acceptors (Lipinski definition) is 4. The zero-order chi connectivity index (χ0) is 17.9. The van der Waals surface area contributed by atoms with E-state index >= 15 is 0 Å². The summed E-state index contributed by atoms with van der Waals surface area (Å²) < 4.78 is 10.9. The quantitative estimate of drug-likeness (QED) is 0.417. The fourth-order valence-electron chi connectivity index (χ4n) is 1.88. The average Bonchev–Trinajstić information content (AvgIpc) is 2.63. The fourth-order valence-corrected chi connectivity index (χ4v) is 2.00. The first-order chi connectivity index (χ1) is 12.2. The SMILES string of the molecule is CCCCOc1ccc(/C=N/NC(=O)COc2ccc(Cl)cc2)cc1. The molecule has 0 atom stereocenters. The van der Waals surface area contributed by atoms with E-state index in [2.05, 4.69) is 17.5 Å². The van der Waals surface area contributed by atoms with Crippen molar-refractivity contribution in [3.8, 4) is 11.5 Å². The molecule has 2 aromatic carbocycles. The van der Waals surface area contributed by atoms with Gasteiger partial charge in [0.1, 0.15) is 11.5 Å². The van der Waals surface area contributed by atoms with Gasteiger partial charge in [-0.25, -0.2) is 5.43 Å². The van der Waals surface area contributed by atoms with E-state index in [0.29, 0.717) is 17.4 Å². The van der Waals surface area contributed by atoms with Gasteiger partial charge >= 0.3 is 0 Å². The third kappa shape index (κ3) is 7.27. The summed E-state index contributed by atoms with van der Waals surface area (Å²) in [7, 11) is 0. The van der Waals surface area contributed by atoms with Gasteiger partial charge in [0.05, 0.1) is 12.8 Å². The fraction of sp³-hybridized carbons (Fsp3) is 0.263. The topological polar surface area (TPSA) is 59.9 Å². The minimum atomic E-state index is -0.342. The minimum Gasteiger partial charge on any atom is -0.494 e. The van der Waals surface area contributed by atoms with Crippen LogP contribution in [0.1, 0.15) is 25.3 Å². The second kappa shape index (κ2) is 10.4. The van der Waals surface area contributed by atoms with Gasteiger partial charge in [-0.3, -0.25) is 4.79 Å². The molecule has 132 valence electrons. The van der Waals surface area contributed by atoms with Gasteiger partial charge in [-0.2, -0.15) is 5.10 Å². The molecule has 0 saturated heterocycles. The lowest BCUT2D eigenvalue weighted by atomic mass is 10.2. The number of benzene rings is 2. The Balaban J connectivity index is 1.72. The van der Waals surface area contributed by atoms with Crippen molar-refractivity contribution in [3.63, 3.8) is 0 Å². The predicted molar refractivity (Wildman–Crippen MR) is 99.5 cm³/mol. The van der Waals surface area contributed by atoms with Crippen molar-refractivity contribution in [2.75, 3.05) is 13.2 Å². The lowest BCUT2D eigenvalue weighted by Crippen LogP contribution is -2.24. The number of unbranched alkanes of at least 4 members (excludes halogenated alkanes) is 1. The molecule has 5 nitrogen and oxygen atoms in total. The number of halogens is 1. The lowest BCUT2D eigenvalue weighted by Gasteiger charge is -2.05. The lowest BCUT2D eigenvalue weighted by molar-refractivity contribution is -0.123. The van der Waals surface area contributed by atoms with Gasteiger partial charge in [0.15, 0.2) is 6.61 Å². The molecule has 1 N–H and O–H groups in total. The Morgan fingerprint density at radius 2 is 1.72 bits per heavy atom. The van der Waals surface area contributed by atoms with E-state index in [1.807, 2.05) is 24.3 Å². The molecule has 2 rings (SSSR count). The van der Waals surface area contributed by atoms with Crippen LogP contribution in [-0.2, 0) is 4.79 Å². The minimum absolute atomic E-state index is 0.122. The maximum atomic E-state index is 11.7. The van der Waals surface area contributed by atoms with Gasteiger partial charge in [-0.15, -0.1) is 0 Å². The molecule has 0 spiro atoms. The highest BCUT2D eigenvalue weighted by Crippen LogP contribution is 2.15. The highest BCUT2D eigenvalue weighted by atomic mass is 35.5. The molecule has 0 bridgehead atoms. The van der Waals surface area contributed by atoms with Crippen LogP contribution in [0, 0.1) is 0 Å². The summed E-state index contributed by atoms with van der Waals surface area (Å²) in [5, 5.41) is 4.52. The van der Waals surface area contributed by atoms with Gasteiger partial charge in [0.2, 0.25) is 0 Å². The van der Waals surface area contributed by atoms with Crippen molar-refractivity contribution in [3.05, 3.63) is 59.1 Å². The Morgan fingerprint density at radius 1 is 1.08 bits per heavy atom. The van der Waals surface area contributed by atoms with Crippen molar-refractivity contribution >= 4 is 23.7 Å². The van der Waals surface area contributed by atoms with Gasteiger partial charge < -0.3 is 9.47 Å². The van der Waals surface area contributed by atoms with Crippen LogP contribution in [0.3, 0.4) is 0 Å². The third-order valence-electron chi connectivity index (χ3n) is 3.23. The van der Waals surface area contributed by atoms with Crippen LogP contribution in [0.15, 0.2) is 53.6 Å². The number of amides is 1. The highest BCUT2D eigenvalue weighted by Gasteiger charge is 2.01. The Morgan fingerprint density at radius 3 is 2.40 bits per heavy atom. The number of carbonyl (C=O) groups is 1. The summed E-state index contributed by atoms with van der Waals surface area (Å²) in [6.45, 7) is 2.72. The zero-order valence-electron chi connectivity index (χ0n) is 14.1. The number of nitrogens with one attached hydrogen (secondary N) is 1. The van der Waals surface area contributed by atoms with Crippen LogP contribution >= 0.6 is 11.6 Å². The second-order valence-corrected chi connectivity index (χ2v) is 5.74. The summed E-state index contributed by atoms with van der Waals surface area (Å²) in [5.74, 6) is 1.05. The molecule has 25 heavy (non-hydrogen) atoms. The molecule has 0 heterocycles. The Kier molecular flexibility index (Phi) is 7.79. The van der Waals surface area contributed by atoms with Gasteiger partial charge in [0.25, 0.3) is 5.91 Å². The van der Waals surface area contributed by atoms with Crippen molar-refractivity contribution in [1.82, 2.24) is 5.43 Å². The average molecular weight is 361 g/mol. The van der Waals surface area contributed by atoms with E-state index < -0.39 is 0 Å². The number of rotatable bonds is 9. The molecule has 0 radical (unpaired) electrons. The summed E-state index contributed by atoms with van der Waals surface area (Å²) >= 11 is 5.78. The van der Waals surface area contributed by atoms with E-state index in [9.17, 15) is 4.79 Å². The zero-order valence-corrected chi connectivity index (χ0v) is 14.8. The Hall–Kier alpha value is -2.53. The molecule has 0 aromatic heterocycles. The number of ether oxygens (including phenoxy) is 2. The monoisotopic (exact) mass is 360 g/mol. The summed E-state index contributed by atoms with van der Waals surface area (Å²) in [6, 6.07) is 14.3. The third-order valence-corrected chi connectivity index (χ3v) is 3.49. The first-order valence-corrected chi connectivity index (χ1v) is 8.48. The summed E-state index contributed by atoms with van der Waals surface area (Å²) in [4.78, 5) is 11.7. The molecule has 0 aliphatic heterocycles. The van der Waals surface area contributed by atoms with Gasteiger partial charge in [0, 0.05) is 5.02 Å². The molecule has 0 unspecified atom stereocenters. The molecule has 1 amide bonds. The van der Waals surface area contributed by atoms with E-state index in [1.165, 1.54) is 0 Å². The molecule has 0 aliphatic rings. The molecule has 2 aromatic rings. The maximum Gasteiger partial charge on any atom is 0.277 e. The number of carbonyl (C=O) groups excluding carboxylic acids is 1. The van der Waals surface area contributed by atoms with Crippen LogP contribution in [0.5, 0.6) is 11.5 Å². The van der Waals surface area contributed by atoms with Gasteiger partial charge in [-0.1, -0.05) is 24.9 Å². The van der Waals surface area contributed by atoms with E-state index in [1.54, 1.807) is 30.5 Å². The smallest absolute Gasteiger partial charge is 0.277 e. The van der Waals surface area contributed by atoms with E-state index in [0.717, 1.165) is 24.2 Å². The summed E-state index contributed by atoms with van der Waals surface area (Å²) in [5.41, 5.74) is 3.28. The number of nitrogens with zero attached hydrogens (tertiary/aromatic N) is 1. The van der Waals surface area contributed by atoms with Crippen molar-refractivity contribution in [1.29, 1.82) is 0 Å². The van der Waals surface area contributed by atoms with Crippen LogP contribution < -0.4 is 14.9 Å². The number of hydrogen-bond donors (Lipinski definition) is 1. The van der Waals surface area contributed by atoms with Gasteiger partial charge in [-0.05, 0) is 60.5 Å². The van der Waals surface area contributed by atoms with Crippen LogP contribution in [0.2, 0.25) is 5.02 Å².